The number of rotatable bonds is 7. The van der Waals surface area contributed by atoms with E-state index in [4.69, 9.17) is 0 Å². The highest BCUT2D eigenvalue weighted by atomic mass is 16.2. The molecule has 0 aliphatic carbocycles. The van der Waals surface area contributed by atoms with Gasteiger partial charge in [-0.1, -0.05) is 37.3 Å². The number of amides is 2. The van der Waals surface area contributed by atoms with Gasteiger partial charge in [0.15, 0.2) is 5.82 Å². The molecule has 1 fully saturated rings. The lowest BCUT2D eigenvalue weighted by molar-refractivity contribution is 0.0927. The molecule has 1 aliphatic heterocycles. The summed E-state index contributed by atoms with van der Waals surface area (Å²) in [6.45, 7) is 6.25. The van der Waals surface area contributed by atoms with Gasteiger partial charge in [0.05, 0.1) is 16.6 Å². The molecule has 9 heteroatoms. The SMILES string of the molecule is Cc1[nH]nc(-c2nc3ccc(C(=O)NCC(C)c4ccccc4)cc3[nH]2)c1C(=O)NC1CCNCC1. The lowest BCUT2D eigenvalue weighted by Crippen LogP contribution is -2.42. The maximum absolute atomic E-state index is 13.1. The minimum atomic E-state index is -0.156. The number of aromatic amines is 2. The van der Waals surface area contributed by atoms with Crippen molar-refractivity contribution in [3.63, 3.8) is 0 Å². The Kier molecular flexibility index (Phi) is 6.81. The zero-order valence-electron chi connectivity index (χ0n) is 20.5. The van der Waals surface area contributed by atoms with E-state index in [0.717, 1.165) is 25.9 Å². The van der Waals surface area contributed by atoms with Gasteiger partial charge in [-0.25, -0.2) is 4.98 Å². The Bertz CT molecular complexity index is 1370. The van der Waals surface area contributed by atoms with Crippen molar-refractivity contribution in [3.8, 4) is 11.5 Å². The van der Waals surface area contributed by atoms with Gasteiger partial charge < -0.3 is 20.9 Å². The summed E-state index contributed by atoms with van der Waals surface area (Å²) in [6, 6.07) is 15.6. The van der Waals surface area contributed by atoms with Gasteiger partial charge in [0, 0.05) is 23.8 Å². The van der Waals surface area contributed by atoms with Gasteiger partial charge >= 0.3 is 0 Å². The highest BCUT2D eigenvalue weighted by Crippen LogP contribution is 2.25. The van der Waals surface area contributed by atoms with E-state index in [-0.39, 0.29) is 23.8 Å². The average molecular weight is 486 g/mol. The molecule has 1 aliphatic rings. The lowest BCUT2D eigenvalue weighted by Gasteiger charge is -2.23. The zero-order chi connectivity index (χ0) is 25.1. The van der Waals surface area contributed by atoms with Crippen LogP contribution in [0.5, 0.6) is 0 Å². The molecule has 0 radical (unpaired) electrons. The minimum absolute atomic E-state index is 0.141. The van der Waals surface area contributed by atoms with Crippen molar-refractivity contribution in [2.24, 2.45) is 0 Å². The second-order valence-corrected chi connectivity index (χ2v) is 9.41. The molecule has 2 amide bonds. The van der Waals surface area contributed by atoms with Crippen LogP contribution in [0.3, 0.4) is 0 Å². The third-order valence-electron chi connectivity index (χ3n) is 6.75. The number of imidazole rings is 1. The molecule has 1 saturated heterocycles. The molecule has 5 N–H and O–H groups in total. The fourth-order valence-corrected chi connectivity index (χ4v) is 4.61. The number of fused-ring (bicyclic) bond motifs is 1. The van der Waals surface area contributed by atoms with Crippen LogP contribution in [0.4, 0.5) is 0 Å². The molecule has 5 rings (SSSR count). The molecule has 1 atom stereocenters. The van der Waals surface area contributed by atoms with Crippen LogP contribution in [0.15, 0.2) is 48.5 Å². The number of aromatic nitrogens is 4. The molecule has 9 nitrogen and oxygen atoms in total. The summed E-state index contributed by atoms with van der Waals surface area (Å²) in [4.78, 5) is 33.8. The number of aryl methyl sites for hydroxylation is 1. The Morgan fingerprint density at radius 1 is 1.08 bits per heavy atom. The van der Waals surface area contributed by atoms with Crippen LogP contribution in [0.2, 0.25) is 0 Å². The molecule has 1 unspecified atom stereocenters. The Morgan fingerprint density at radius 3 is 2.64 bits per heavy atom. The summed E-state index contributed by atoms with van der Waals surface area (Å²) in [5.74, 6) is 0.389. The highest BCUT2D eigenvalue weighted by molar-refractivity contribution is 6.01. The number of carbonyl (C=O) groups is 2. The predicted octanol–water partition coefficient (Wildman–Crippen LogP) is 3.28. The van der Waals surface area contributed by atoms with Crippen LogP contribution in [0.25, 0.3) is 22.6 Å². The van der Waals surface area contributed by atoms with Crippen LogP contribution in [-0.2, 0) is 0 Å². The molecule has 3 heterocycles. The molecule has 0 spiro atoms. The molecule has 4 aromatic rings. The molecular formula is C27H31N7O2. The first-order valence-electron chi connectivity index (χ1n) is 12.4. The molecular weight excluding hydrogens is 454 g/mol. The summed E-state index contributed by atoms with van der Waals surface area (Å²) in [5.41, 5.74) is 4.77. The number of H-pyrrole nitrogens is 2. The lowest BCUT2D eigenvalue weighted by atomic mass is 10.0. The number of nitrogens with zero attached hydrogens (tertiary/aromatic N) is 2. The van der Waals surface area contributed by atoms with Crippen LogP contribution in [0.1, 0.15) is 57.7 Å². The molecule has 36 heavy (non-hydrogen) atoms. The zero-order valence-corrected chi connectivity index (χ0v) is 20.5. The van der Waals surface area contributed by atoms with Gasteiger partial charge in [0.25, 0.3) is 11.8 Å². The summed E-state index contributed by atoms with van der Waals surface area (Å²) in [6.07, 6.45) is 1.80. The molecule has 2 aromatic heterocycles. The van der Waals surface area contributed by atoms with Gasteiger partial charge in [-0.2, -0.15) is 5.10 Å². The number of nitrogens with one attached hydrogen (secondary N) is 5. The fraction of sp³-hybridized carbons (Fsp3) is 0.333. The van der Waals surface area contributed by atoms with E-state index in [1.807, 2.05) is 25.1 Å². The third-order valence-corrected chi connectivity index (χ3v) is 6.75. The largest absolute Gasteiger partial charge is 0.351 e. The first-order chi connectivity index (χ1) is 17.5. The Balaban J connectivity index is 1.32. The standard InChI is InChI=1S/C27H31N7O2/c1-16(18-6-4-3-5-7-18)15-29-26(35)19-8-9-21-22(14-19)32-25(31-21)24-23(17(2)33-34-24)27(36)30-20-10-12-28-13-11-20/h3-9,14,16,20,28H,10-13,15H2,1-2H3,(H,29,35)(H,30,36)(H,31,32)(H,33,34). The Hall–Kier alpha value is -3.98. The van der Waals surface area contributed by atoms with E-state index in [9.17, 15) is 9.59 Å². The second kappa shape index (κ2) is 10.3. The average Bonchev–Trinajstić information content (AvgIpc) is 3.50. The molecule has 2 aromatic carbocycles. The maximum atomic E-state index is 13.1. The third kappa shape index (κ3) is 5.01. The van der Waals surface area contributed by atoms with E-state index in [2.05, 4.69) is 55.2 Å². The van der Waals surface area contributed by atoms with Crippen LogP contribution in [-0.4, -0.2) is 57.7 Å². The van der Waals surface area contributed by atoms with Gasteiger partial charge in [0.2, 0.25) is 0 Å². The summed E-state index contributed by atoms with van der Waals surface area (Å²) < 4.78 is 0. The van der Waals surface area contributed by atoms with Crippen LogP contribution in [0, 0.1) is 6.92 Å². The summed E-state index contributed by atoms with van der Waals surface area (Å²) in [5, 5.41) is 16.7. The van der Waals surface area contributed by atoms with Crippen molar-refractivity contribution in [1.82, 2.24) is 36.1 Å². The van der Waals surface area contributed by atoms with Crippen molar-refractivity contribution in [2.45, 2.75) is 38.6 Å². The number of piperidine rings is 1. The van der Waals surface area contributed by atoms with E-state index in [1.54, 1.807) is 18.2 Å². The van der Waals surface area contributed by atoms with Gasteiger partial charge in [-0.3, -0.25) is 14.7 Å². The maximum Gasteiger partial charge on any atom is 0.255 e. The van der Waals surface area contributed by atoms with Crippen molar-refractivity contribution in [2.75, 3.05) is 19.6 Å². The smallest absolute Gasteiger partial charge is 0.255 e. The van der Waals surface area contributed by atoms with Crippen molar-refractivity contribution in [1.29, 1.82) is 0 Å². The van der Waals surface area contributed by atoms with Crippen molar-refractivity contribution in [3.05, 3.63) is 70.9 Å². The summed E-state index contributed by atoms with van der Waals surface area (Å²) >= 11 is 0. The number of carbonyl (C=O) groups excluding carboxylic acids is 2. The van der Waals surface area contributed by atoms with E-state index < -0.39 is 0 Å². The van der Waals surface area contributed by atoms with E-state index in [0.29, 0.717) is 45.9 Å². The molecule has 0 bridgehead atoms. The quantitative estimate of drug-likeness (QED) is 0.275. The minimum Gasteiger partial charge on any atom is -0.351 e. The van der Waals surface area contributed by atoms with E-state index >= 15 is 0 Å². The van der Waals surface area contributed by atoms with Crippen molar-refractivity contribution >= 4 is 22.8 Å². The number of benzene rings is 2. The van der Waals surface area contributed by atoms with Crippen LogP contribution >= 0.6 is 0 Å². The number of hydrogen-bond donors (Lipinski definition) is 5. The highest BCUT2D eigenvalue weighted by Gasteiger charge is 2.24. The van der Waals surface area contributed by atoms with E-state index in [1.165, 1.54) is 5.56 Å². The topological polar surface area (TPSA) is 128 Å². The van der Waals surface area contributed by atoms with Gasteiger partial charge in [-0.05, 0) is 62.5 Å². The predicted molar refractivity (Wildman–Crippen MR) is 139 cm³/mol. The van der Waals surface area contributed by atoms with Gasteiger partial charge in [0.1, 0.15) is 5.69 Å². The summed E-state index contributed by atoms with van der Waals surface area (Å²) in [7, 11) is 0. The van der Waals surface area contributed by atoms with Crippen LogP contribution < -0.4 is 16.0 Å². The second-order valence-electron chi connectivity index (χ2n) is 9.41. The fourth-order valence-electron chi connectivity index (χ4n) is 4.61. The Labute approximate surface area is 209 Å². The molecule has 0 saturated carbocycles. The first kappa shape index (κ1) is 23.7. The Morgan fingerprint density at radius 2 is 1.86 bits per heavy atom. The normalized spacial score (nSPS) is 15.1. The molecule has 186 valence electrons. The number of hydrogen-bond acceptors (Lipinski definition) is 5. The van der Waals surface area contributed by atoms with Crippen molar-refractivity contribution < 1.29 is 9.59 Å². The monoisotopic (exact) mass is 485 g/mol. The van der Waals surface area contributed by atoms with Gasteiger partial charge in [-0.15, -0.1) is 0 Å². The first-order valence-corrected chi connectivity index (χ1v) is 12.4.